The summed E-state index contributed by atoms with van der Waals surface area (Å²) in [5.74, 6) is 1.98. The van der Waals surface area contributed by atoms with Crippen molar-refractivity contribution in [2.24, 2.45) is 0 Å². The predicted octanol–water partition coefficient (Wildman–Crippen LogP) is 12.6. The van der Waals surface area contributed by atoms with Crippen LogP contribution in [-0.2, 0) is 10.8 Å². The molecule has 0 atom stereocenters. The standard InChI is InChI=1S/C49H39N3/c1-48(2)42-28-16-24-37(32-17-8-5-9-18-32)44(42)41-30-29-35(31-43(41)49(48,3)4)36-23-14-26-39-38(36)25-15-27-40(39)47-51-45(33-19-10-6-11-20-33)50-46(52-47)34-21-12-7-13-22-34/h5-31H,1-4H3. The molecule has 9 rings (SSSR count). The van der Waals surface area contributed by atoms with Gasteiger partial charge in [-0.15, -0.1) is 0 Å². The van der Waals surface area contributed by atoms with E-state index in [9.17, 15) is 0 Å². The highest BCUT2D eigenvalue weighted by molar-refractivity contribution is 6.04. The van der Waals surface area contributed by atoms with E-state index in [2.05, 4.69) is 155 Å². The molecule has 0 saturated heterocycles. The van der Waals surface area contributed by atoms with Crippen molar-refractivity contribution in [1.82, 2.24) is 15.0 Å². The van der Waals surface area contributed by atoms with Crippen molar-refractivity contribution in [3.8, 4) is 67.5 Å². The minimum absolute atomic E-state index is 0.101. The Morgan fingerprint density at radius 2 is 0.808 bits per heavy atom. The van der Waals surface area contributed by atoms with Crippen molar-refractivity contribution >= 4 is 10.8 Å². The molecule has 3 nitrogen and oxygen atoms in total. The van der Waals surface area contributed by atoms with Crippen LogP contribution in [0.1, 0.15) is 38.8 Å². The van der Waals surface area contributed by atoms with Crippen LogP contribution in [0.3, 0.4) is 0 Å². The van der Waals surface area contributed by atoms with Crippen LogP contribution in [0.5, 0.6) is 0 Å². The lowest BCUT2D eigenvalue weighted by molar-refractivity contribution is 0.299. The van der Waals surface area contributed by atoms with Gasteiger partial charge < -0.3 is 0 Å². The summed E-state index contributed by atoms with van der Waals surface area (Å²) in [4.78, 5) is 15.1. The molecule has 3 heteroatoms. The van der Waals surface area contributed by atoms with Gasteiger partial charge in [0.15, 0.2) is 17.5 Å². The highest BCUT2D eigenvalue weighted by Gasteiger charge is 2.46. The molecule has 1 aliphatic carbocycles. The summed E-state index contributed by atoms with van der Waals surface area (Å²) >= 11 is 0. The first-order chi connectivity index (χ1) is 25.3. The maximum absolute atomic E-state index is 5.08. The first-order valence-corrected chi connectivity index (χ1v) is 18.0. The van der Waals surface area contributed by atoms with Gasteiger partial charge in [-0.2, -0.15) is 0 Å². The minimum atomic E-state index is -0.122. The average molecular weight is 670 g/mol. The molecule has 8 aromatic rings. The minimum Gasteiger partial charge on any atom is -0.208 e. The van der Waals surface area contributed by atoms with Crippen LogP contribution < -0.4 is 0 Å². The Morgan fingerprint density at radius 3 is 1.42 bits per heavy atom. The van der Waals surface area contributed by atoms with Gasteiger partial charge in [-0.05, 0) is 72.2 Å². The molecule has 0 unspecified atom stereocenters. The Kier molecular flexibility index (Phi) is 7.48. The Morgan fingerprint density at radius 1 is 0.327 bits per heavy atom. The van der Waals surface area contributed by atoms with Gasteiger partial charge in [0.05, 0.1) is 0 Å². The first-order valence-electron chi connectivity index (χ1n) is 18.0. The highest BCUT2D eigenvalue weighted by Crippen LogP contribution is 2.56. The molecule has 0 radical (unpaired) electrons. The van der Waals surface area contributed by atoms with Crippen molar-refractivity contribution in [3.05, 3.63) is 175 Å². The Balaban J connectivity index is 1.22. The van der Waals surface area contributed by atoms with E-state index in [1.54, 1.807) is 0 Å². The number of hydrogen-bond acceptors (Lipinski definition) is 3. The molecule has 0 N–H and O–H groups in total. The van der Waals surface area contributed by atoms with E-state index in [0.29, 0.717) is 17.5 Å². The third-order valence-corrected chi connectivity index (χ3v) is 11.5. The van der Waals surface area contributed by atoms with Crippen LogP contribution in [-0.4, -0.2) is 15.0 Å². The highest BCUT2D eigenvalue weighted by atomic mass is 15.0. The van der Waals surface area contributed by atoms with Crippen LogP contribution >= 0.6 is 0 Å². The monoisotopic (exact) mass is 669 g/mol. The number of nitrogens with zero attached hydrogens (tertiary/aromatic N) is 3. The molecule has 1 aliphatic rings. The molecule has 52 heavy (non-hydrogen) atoms. The largest absolute Gasteiger partial charge is 0.208 e. The maximum Gasteiger partial charge on any atom is 0.164 e. The first kappa shape index (κ1) is 31.8. The third kappa shape index (κ3) is 5.07. The smallest absolute Gasteiger partial charge is 0.164 e. The number of hydrogen-bond donors (Lipinski definition) is 0. The van der Waals surface area contributed by atoms with E-state index in [0.717, 1.165) is 22.1 Å². The van der Waals surface area contributed by atoms with Crippen LogP contribution in [0.2, 0.25) is 0 Å². The fourth-order valence-corrected chi connectivity index (χ4v) is 8.03. The van der Waals surface area contributed by atoms with E-state index in [1.807, 2.05) is 36.4 Å². The summed E-state index contributed by atoms with van der Waals surface area (Å²) in [6.07, 6.45) is 0. The predicted molar refractivity (Wildman–Crippen MR) is 216 cm³/mol. The second kappa shape index (κ2) is 12.2. The molecule has 0 spiro atoms. The number of benzene rings is 7. The normalized spacial score (nSPS) is 14.1. The van der Waals surface area contributed by atoms with Gasteiger partial charge in [0.2, 0.25) is 0 Å². The van der Waals surface area contributed by atoms with Crippen molar-refractivity contribution in [2.45, 2.75) is 38.5 Å². The lowest BCUT2D eigenvalue weighted by Gasteiger charge is -2.49. The van der Waals surface area contributed by atoms with Gasteiger partial charge >= 0.3 is 0 Å². The molecule has 7 aromatic carbocycles. The van der Waals surface area contributed by atoms with E-state index in [1.165, 1.54) is 49.9 Å². The summed E-state index contributed by atoms with van der Waals surface area (Å²) in [5, 5.41) is 2.28. The Hall–Kier alpha value is -6.19. The fourth-order valence-electron chi connectivity index (χ4n) is 8.03. The second-order valence-corrected chi connectivity index (χ2v) is 14.8. The van der Waals surface area contributed by atoms with Gasteiger partial charge in [0, 0.05) is 16.7 Å². The number of fused-ring (bicyclic) bond motifs is 4. The third-order valence-electron chi connectivity index (χ3n) is 11.5. The van der Waals surface area contributed by atoms with Gasteiger partial charge in [0.1, 0.15) is 0 Å². The zero-order valence-electron chi connectivity index (χ0n) is 29.9. The molecule has 1 heterocycles. The zero-order chi connectivity index (χ0) is 35.5. The Labute approximate surface area is 305 Å². The van der Waals surface area contributed by atoms with Crippen molar-refractivity contribution in [2.75, 3.05) is 0 Å². The van der Waals surface area contributed by atoms with Crippen molar-refractivity contribution in [3.63, 3.8) is 0 Å². The lowest BCUT2D eigenvalue weighted by atomic mass is 9.54. The summed E-state index contributed by atoms with van der Waals surface area (Å²) < 4.78 is 0. The number of rotatable bonds is 5. The van der Waals surface area contributed by atoms with Crippen LogP contribution in [0.25, 0.3) is 78.3 Å². The summed E-state index contributed by atoms with van der Waals surface area (Å²) in [5.41, 5.74) is 13.0. The van der Waals surface area contributed by atoms with E-state index >= 15 is 0 Å². The lowest BCUT2D eigenvalue weighted by Crippen LogP contribution is -2.43. The summed E-state index contributed by atoms with van der Waals surface area (Å²) in [7, 11) is 0. The number of aromatic nitrogens is 3. The van der Waals surface area contributed by atoms with E-state index < -0.39 is 0 Å². The van der Waals surface area contributed by atoms with Crippen LogP contribution in [0.15, 0.2) is 164 Å². The molecule has 1 aromatic heterocycles. The molecule has 0 bridgehead atoms. The van der Waals surface area contributed by atoms with Crippen LogP contribution in [0.4, 0.5) is 0 Å². The van der Waals surface area contributed by atoms with Crippen molar-refractivity contribution in [1.29, 1.82) is 0 Å². The molecule has 0 fully saturated rings. The molecule has 0 amide bonds. The van der Waals surface area contributed by atoms with Crippen molar-refractivity contribution < 1.29 is 0 Å². The molecule has 250 valence electrons. The SMILES string of the molecule is CC1(C)c2cc(-c3cccc4c(-c5nc(-c6ccccc6)nc(-c6ccccc6)n5)cccc34)ccc2-c2c(-c3ccccc3)cccc2C1(C)C. The molecular weight excluding hydrogens is 631 g/mol. The van der Waals surface area contributed by atoms with Crippen LogP contribution in [0, 0.1) is 0 Å². The zero-order valence-corrected chi connectivity index (χ0v) is 29.9. The quantitative estimate of drug-likeness (QED) is 0.183. The average Bonchev–Trinajstić information content (AvgIpc) is 3.20. The molecule has 0 saturated carbocycles. The summed E-state index contributed by atoms with van der Waals surface area (Å²) in [6.45, 7) is 9.62. The topological polar surface area (TPSA) is 38.7 Å². The second-order valence-electron chi connectivity index (χ2n) is 14.8. The Bertz CT molecular complexity index is 2550. The maximum atomic E-state index is 5.08. The van der Waals surface area contributed by atoms with Gasteiger partial charge in [-0.3, -0.25) is 0 Å². The van der Waals surface area contributed by atoms with Gasteiger partial charge in [-0.1, -0.05) is 185 Å². The fraction of sp³-hybridized carbons (Fsp3) is 0.122. The van der Waals surface area contributed by atoms with Gasteiger partial charge in [0.25, 0.3) is 0 Å². The van der Waals surface area contributed by atoms with Gasteiger partial charge in [-0.25, -0.2) is 15.0 Å². The molecular formula is C49H39N3. The molecule has 0 aliphatic heterocycles. The van der Waals surface area contributed by atoms with E-state index in [4.69, 9.17) is 15.0 Å². The van der Waals surface area contributed by atoms with E-state index in [-0.39, 0.29) is 10.8 Å². The summed E-state index contributed by atoms with van der Waals surface area (Å²) in [6, 6.07) is 58.2.